The van der Waals surface area contributed by atoms with Crippen molar-refractivity contribution in [3.63, 3.8) is 0 Å². The molecule has 1 aliphatic rings. The molecular weight excluding hydrogens is 369 g/mol. The van der Waals surface area contributed by atoms with Crippen molar-refractivity contribution in [2.24, 2.45) is 5.41 Å². The van der Waals surface area contributed by atoms with Gasteiger partial charge >= 0.3 is 6.03 Å². The first-order chi connectivity index (χ1) is 13.8. The Balaban J connectivity index is 1.61. The lowest BCUT2D eigenvalue weighted by Crippen LogP contribution is -2.52. The number of nitrogens with zero attached hydrogens (tertiary/aromatic N) is 1. The topological polar surface area (TPSA) is 61.4 Å². The highest BCUT2D eigenvalue weighted by molar-refractivity contribution is 5.91. The summed E-state index contributed by atoms with van der Waals surface area (Å²) in [5.74, 6) is -0.393. The number of benzene rings is 2. The Hall–Kier alpha value is -2.89. The van der Waals surface area contributed by atoms with Crippen LogP contribution in [0, 0.1) is 25.1 Å². The number of aryl methyl sites for hydroxylation is 1. The van der Waals surface area contributed by atoms with E-state index in [-0.39, 0.29) is 17.8 Å². The molecule has 154 valence electrons. The van der Waals surface area contributed by atoms with Crippen molar-refractivity contribution < 1.29 is 14.0 Å². The molecule has 29 heavy (non-hydrogen) atoms. The van der Waals surface area contributed by atoms with Crippen LogP contribution in [-0.4, -0.2) is 29.9 Å². The first kappa shape index (κ1) is 20.8. The van der Waals surface area contributed by atoms with Gasteiger partial charge in [-0.15, -0.1) is 0 Å². The molecule has 1 aliphatic heterocycles. The van der Waals surface area contributed by atoms with Crippen molar-refractivity contribution in [3.05, 3.63) is 65.0 Å². The Morgan fingerprint density at radius 3 is 2.59 bits per heavy atom. The summed E-state index contributed by atoms with van der Waals surface area (Å²) in [7, 11) is 0. The van der Waals surface area contributed by atoms with Gasteiger partial charge in [-0.25, -0.2) is 9.18 Å². The summed E-state index contributed by atoms with van der Waals surface area (Å²) in [4.78, 5) is 27.4. The van der Waals surface area contributed by atoms with Crippen molar-refractivity contribution >= 4 is 17.6 Å². The standard InChI is InChI=1S/C23H28FN3O2/c1-16-6-4-7-20(17(16)2)26-22(29)27-13-5-12-23(3,15-27)21(28)25-14-18-8-10-19(24)11-9-18/h4,6-11H,5,12-15H2,1-3H3,(H,25,28)(H,26,29)/t23-/m1/s1. The molecule has 2 N–H and O–H groups in total. The minimum atomic E-state index is -0.655. The average Bonchev–Trinajstić information content (AvgIpc) is 2.70. The third kappa shape index (κ3) is 4.94. The molecule has 1 fully saturated rings. The van der Waals surface area contributed by atoms with E-state index in [1.54, 1.807) is 17.0 Å². The van der Waals surface area contributed by atoms with Crippen LogP contribution < -0.4 is 10.6 Å². The van der Waals surface area contributed by atoms with Crippen molar-refractivity contribution in [1.82, 2.24) is 10.2 Å². The number of amides is 3. The number of carbonyl (C=O) groups excluding carboxylic acids is 2. The Morgan fingerprint density at radius 1 is 1.14 bits per heavy atom. The van der Waals surface area contributed by atoms with Gasteiger partial charge in [-0.1, -0.05) is 24.3 Å². The minimum absolute atomic E-state index is 0.0916. The molecule has 0 bridgehead atoms. The van der Waals surface area contributed by atoms with Gasteiger partial charge < -0.3 is 15.5 Å². The molecule has 0 unspecified atom stereocenters. The molecule has 0 aromatic heterocycles. The van der Waals surface area contributed by atoms with Crippen molar-refractivity contribution in [2.45, 2.75) is 40.2 Å². The van der Waals surface area contributed by atoms with Crippen molar-refractivity contribution in [1.29, 1.82) is 0 Å². The maximum absolute atomic E-state index is 13.0. The zero-order valence-corrected chi connectivity index (χ0v) is 17.2. The molecule has 1 atom stereocenters. The first-order valence-electron chi connectivity index (χ1n) is 9.93. The van der Waals surface area contributed by atoms with E-state index >= 15 is 0 Å². The quantitative estimate of drug-likeness (QED) is 0.804. The number of nitrogens with one attached hydrogen (secondary N) is 2. The molecule has 3 amide bonds. The highest BCUT2D eigenvalue weighted by Crippen LogP contribution is 2.30. The van der Waals surface area contributed by atoms with Crippen LogP contribution in [0.25, 0.3) is 0 Å². The zero-order valence-electron chi connectivity index (χ0n) is 17.2. The van der Waals surface area contributed by atoms with E-state index < -0.39 is 5.41 Å². The lowest BCUT2D eigenvalue weighted by Gasteiger charge is -2.39. The number of carbonyl (C=O) groups is 2. The molecule has 0 aliphatic carbocycles. The van der Waals surface area contributed by atoms with E-state index in [0.29, 0.717) is 19.6 Å². The molecular formula is C23H28FN3O2. The van der Waals surface area contributed by atoms with Crippen LogP contribution in [0.3, 0.4) is 0 Å². The Morgan fingerprint density at radius 2 is 1.86 bits per heavy atom. The minimum Gasteiger partial charge on any atom is -0.351 e. The van der Waals surface area contributed by atoms with E-state index in [1.807, 2.05) is 39.0 Å². The smallest absolute Gasteiger partial charge is 0.321 e. The van der Waals surface area contributed by atoms with Crippen LogP contribution >= 0.6 is 0 Å². The zero-order chi connectivity index (χ0) is 21.0. The normalized spacial score (nSPS) is 19.0. The second-order valence-electron chi connectivity index (χ2n) is 8.07. The molecule has 0 saturated carbocycles. The van der Waals surface area contributed by atoms with E-state index in [4.69, 9.17) is 0 Å². The molecule has 6 heteroatoms. The van der Waals surface area contributed by atoms with Gasteiger partial charge in [0.15, 0.2) is 0 Å². The largest absolute Gasteiger partial charge is 0.351 e. The van der Waals surface area contributed by atoms with Gasteiger partial charge in [0.25, 0.3) is 0 Å². The number of hydrogen-bond donors (Lipinski definition) is 2. The van der Waals surface area contributed by atoms with Crippen LogP contribution in [0.2, 0.25) is 0 Å². The summed E-state index contributed by atoms with van der Waals surface area (Å²) in [5, 5.41) is 5.91. The summed E-state index contributed by atoms with van der Waals surface area (Å²) < 4.78 is 13.0. The highest BCUT2D eigenvalue weighted by Gasteiger charge is 2.39. The maximum atomic E-state index is 13.0. The molecule has 3 rings (SSSR count). The second kappa shape index (κ2) is 8.64. The van der Waals surface area contributed by atoms with Crippen molar-refractivity contribution in [2.75, 3.05) is 18.4 Å². The molecule has 0 radical (unpaired) electrons. The number of rotatable bonds is 4. The second-order valence-corrected chi connectivity index (χ2v) is 8.07. The number of piperidine rings is 1. The highest BCUT2D eigenvalue weighted by atomic mass is 19.1. The predicted octanol–water partition coefficient (Wildman–Crippen LogP) is 4.39. The third-order valence-corrected chi connectivity index (χ3v) is 5.74. The number of hydrogen-bond acceptors (Lipinski definition) is 2. The number of urea groups is 1. The number of anilines is 1. The molecule has 1 heterocycles. The van der Waals surface area contributed by atoms with Crippen LogP contribution in [0.4, 0.5) is 14.9 Å². The van der Waals surface area contributed by atoms with Gasteiger partial charge in [0.2, 0.25) is 5.91 Å². The van der Waals surface area contributed by atoms with Gasteiger partial charge in [0.05, 0.1) is 5.41 Å². The SMILES string of the molecule is Cc1cccc(NC(=O)N2CCC[C@@](C)(C(=O)NCc3ccc(F)cc3)C2)c1C. The number of halogens is 1. The lowest BCUT2D eigenvalue weighted by atomic mass is 9.81. The van der Waals surface area contributed by atoms with Gasteiger partial charge in [-0.05, 0) is 68.5 Å². The lowest BCUT2D eigenvalue weighted by molar-refractivity contribution is -0.132. The maximum Gasteiger partial charge on any atom is 0.321 e. The van der Waals surface area contributed by atoms with E-state index in [2.05, 4.69) is 10.6 Å². The summed E-state index contributed by atoms with van der Waals surface area (Å²) in [5.41, 5.74) is 3.13. The third-order valence-electron chi connectivity index (χ3n) is 5.74. The fourth-order valence-corrected chi connectivity index (χ4v) is 3.68. The predicted molar refractivity (Wildman–Crippen MR) is 112 cm³/mol. The van der Waals surface area contributed by atoms with Gasteiger partial charge in [0, 0.05) is 25.3 Å². The fraction of sp³-hybridized carbons (Fsp3) is 0.391. The van der Waals surface area contributed by atoms with Crippen LogP contribution in [0.1, 0.15) is 36.5 Å². The Bertz CT molecular complexity index is 897. The fourth-order valence-electron chi connectivity index (χ4n) is 3.68. The number of likely N-dealkylation sites (tertiary alicyclic amines) is 1. The van der Waals surface area contributed by atoms with Gasteiger partial charge in [0.1, 0.15) is 5.82 Å². The van der Waals surface area contributed by atoms with E-state index in [9.17, 15) is 14.0 Å². The van der Waals surface area contributed by atoms with Crippen LogP contribution in [-0.2, 0) is 11.3 Å². The van der Waals surface area contributed by atoms with E-state index in [0.717, 1.165) is 35.2 Å². The molecule has 2 aromatic rings. The Labute approximate surface area is 171 Å². The van der Waals surface area contributed by atoms with Crippen LogP contribution in [0.5, 0.6) is 0 Å². The summed E-state index contributed by atoms with van der Waals surface area (Å²) >= 11 is 0. The van der Waals surface area contributed by atoms with E-state index in [1.165, 1.54) is 12.1 Å². The average molecular weight is 397 g/mol. The first-order valence-corrected chi connectivity index (χ1v) is 9.93. The Kier molecular flexibility index (Phi) is 6.20. The van der Waals surface area contributed by atoms with Crippen LogP contribution in [0.15, 0.2) is 42.5 Å². The molecule has 0 spiro atoms. The molecule has 2 aromatic carbocycles. The summed E-state index contributed by atoms with van der Waals surface area (Å²) in [6, 6.07) is 11.7. The van der Waals surface area contributed by atoms with Gasteiger partial charge in [-0.3, -0.25) is 4.79 Å². The summed E-state index contributed by atoms with van der Waals surface area (Å²) in [6.07, 6.45) is 1.48. The summed E-state index contributed by atoms with van der Waals surface area (Å²) in [6.45, 7) is 7.20. The molecule has 5 nitrogen and oxygen atoms in total. The monoisotopic (exact) mass is 397 g/mol. The van der Waals surface area contributed by atoms with Crippen molar-refractivity contribution in [3.8, 4) is 0 Å². The molecule has 1 saturated heterocycles. The van der Waals surface area contributed by atoms with Gasteiger partial charge in [-0.2, -0.15) is 0 Å².